The van der Waals surface area contributed by atoms with E-state index in [4.69, 9.17) is 4.98 Å². The summed E-state index contributed by atoms with van der Waals surface area (Å²) in [4.78, 5) is 26.2. The highest BCUT2D eigenvalue weighted by molar-refractivity contribution is 5.74. The molecule has 6 heteroatoms. The minimum Gasteiger partial charge on any atom is -0.353 e. The van der Waals surface area contributed by atoms with Gasteiger partial charge in [-0.2, -0.15) is 0 Å². The third-order valence-electron chi connectivity index (χ3n) is 5.70. The third kappa shape index (κ3) is 5.56. The van der Waals surface area contributed by atoms with E-state index in [0.29, 0.717) is 12.0 Å². The lowest BCUT2D eigenvalue weighted by Gasteiger charge is -2.36. The van der Waals surface area contributed by atoms with Gasteiger partial charge in [0.05, 0.1) is 0 Å². The van der Waals surface area contributed by atoms with Crippen molar-refractivity contribution in [2.75, 3.05) is 31.1 Å². The molecule has 1 saturated heterocycles. The van der Waals surface area contributed by atoms with Crippen molar-refractivity contribution in [3.05, 3.63) is 17.6 Å². The van der Waals surface area contributed by atoms with Gasteiger partial charge in [0.25, 0.3) is 0 Å². The van der Waals surface area contributed by atoms with Gasteiger partial charge in [-0.25, -0.2) is 14.8 Å². The summed E-state index contributed by atoms with van der Waals surface area (Å²) in [5.74, 6) is 2.21. The molecular weight excluding hydrogens is 338 g/mol. The van der Waals surface area contributed by atoms with Gasteiger partial charge in [0.1, 0.15) is 11.6 Å². The van der Waals surface area contributed by atoms with E-state index in [9.17, 15) is 4.79 Å². The monoisotopic (exact) mass is 373 g/mol. The van der Waals surface area contributed by atoms with Crippen molar-refractivity contribution in [1.82, 2.24) is 20.2 Å². The van der Waals surface area contributed by atoms with Crippen LogP contribution in [0.15, 0.2) is 6.07 Å². The summed E-state index contributed by atoms with van der Waals surface area (Å²) in [5, 5.41) is 3.29. The van der Waals surface area contributed by atoms with Gasteiger partial charge in [-0.3, -0.25) is 0 Å². The van der Waals surface area contributed by atoms with Crippen molar-refractivity contribution in [2.24, 2.45) is 0 Å². The molecule has 1 aliphatic carbocycles. The lowest BCUT2D eigenvalue weighted by molar-refractivity contribution is 0.187. The molecule has 1 aliphatic heterocycles. The molecule has 0 spiro atoms. The van der Waals surface area contributed by atoms with Crippen LogP contribution in [-0.2, 0) is 0 Å². The number of carbonyl (C=O) groups is 1. The molecule has 0 radical (unpaired) electrons. The zero-order chi connectivity index (χ0) is 19.2. The van der Waals surface area contributed by atoms with E-state index in [0.717, 1.165) is 56.4 Å². The molecule has 2 heterocycles. The van der Waals surface area contributed by atoms with Crippen molar-refractivity contribution < 1.29 is 4.79 Å². The predicted molar refractivity (Wildman–Crippen MR) is 109 cm³/mol. The van der Waals surface area contributed by atoms with Gasteiger partial charge in [0.15, 0.2) is 0 Å². The van der Waals surface area contributed by atoms with Crippen LogP contribution in [0.5, 0.6) is 0 Å². The fraction of sp³-hybridized carbons (Fsp3) is 0.762. The molecule has 27 heavy (non-hydrogen) atoms. The van der Waals surface area contributed by atoms with Gasteiger partial charge >= 0.3 is 6.03 Å². The molecule has 1 aromatic rings. The Hall–Kier alpha value is -1.85. The summed E-state index contributed by atoms with van der Waals surface area (Å²) in [7, 11) is 0. The molecule has 1 N–H and O–H groups in total. The molecule has 2 fully saturated rings. The molecular formula is C21H35N5O. The van der Waals surface area contributed by atoms with Gasteiger partial charge < -0.3 is 15.1 Å². The molecule has 0 aromatic carbocycles. The molecule has 0 atom stereocenters. The normalized spacial score (nSPS) is 19.7. The standard InChI is InChI=1S/C21H35N5O/c1-16(2)20-22-17(3)15-19(24-20)25-11-13-26(14-12-25)21(27)23-18-9-7-5-4-6-8-10-18/h15-16,18H,4-14H2,1-3H3,(H,23,27). The maximum absolute atomic E-state index is 12.7. The van der Waals surface area contributed by atoms with Crippen LogP contribution in [0.1, 0.15) is 76.2 Å². The number of amides is 2. The van der Waals surface area contributed by atoms with Crippen LogP contribution in [-0.4, -0.2) is 53.1 Å². The second kappa shape index (κ2) is 9.38. The third-order valence-corrected chi connectivity index (χ3v) is 5.70. The van der Waals surface area contributed by atoms with E-state index in [2.05, 4.69) is 35.1 Å². The highest BCUT2D eigenvalue weighted by atomic mass is 16.2. The van der Waals surface area contributed by atoms with Gasteiger partial charge in [-0.1, -0.05) is 46.0 Å². The maximum Gasteiger partial charge on any atom is 0.317 e. The Balaban J connectivity index is 1.53. The molecule has 150 valence electrons. The van der Waals surface area contributed by atoms with E-state index in [1.54, 1.807) is 0 Å². The minimum absolute atomic E-state index is 0.113. The van der Waals surface area contributed by atoms with Crippen molar-refractivity contribution in [3.8, 4) is 0 Å². The number of aryl methyl sites for hydroxylation is 1. The van der Waals surface area contributed by atoms with Crippen LogP contribution in [0.25, 0.3) is 0 Å². The number of piperazine rings is 1. The van der Waals surface area contributed by atoms with Crippen LogP contribution >= 0.6 is 0 Å². The Bertz CT molecular complexity index is 617. The summed E-state index contributed by atoms with van der Waals surface area (Å²) < 4.78 is 0. The van der Waals surface area contributed by atoms with Gasteiger partial charge in [-0.15, -0.1) is 0 Å². The van der Waals surface area contributed by atoms with E-state index in [1.807, 2.05) is 11.8 Å². The van der Waals surface area contributed by atoms with E-state index in [1.165, 1.54) is 32.1 Å². The van der Waals surface area contributed by atoms with Crippen LogP contribution < -0.4 is 10.2 Å². The van der Waals surface area contributed by atoms with E-state index >= 15 is 0 Å². The highest BCUT2D eigenvalue weighted by Gasteiger charge is 2.24. The summed E-state index contributed by atoms with van der Waals surface area (Å²) in [6.45, 7) is 9.41. The Morgan fingerprint density at radius 2 is 1.67 bits per heavy atom. The summed E-state index contributed by atoms with van der Waals surface area (Å²) in [6, 6.07) is 2.52. The first-order chi connectivity index (χ1) is 13.0. The molecule has 0 bridgehead atoms. The van der Waals surface area contributed by atoms with Crippen LogP contribution in [0.4, 0.5) is 10.6 Å². The zero-order valence-corrected chi connectivity index (χ0v) is 17.2. The summed E-state index contributed by atoms with van der Waals surface area (Å²) >= 11 is 0. The topological polar surface area (TPSA) is 61.4 Å². The largest absolute Gasteiger partial charge is 0.353 e. The van der Waals surface area contributed by atoms with Crippen LogP contribution in [0, 0.1) is 6.92 Å². The Kier molecular flexibility index (Phi) is 6.91. The number of anilines is 1. The highest BCUT2D eigenvalue weighted by Crippen LogP contribution is 2.20. The fourth-order valence-electron chi connectivity index (χ4n) is 4.00. The number of rotatable bonds is 3. The Morgan fingerprint density at radius 1 is 1.04 bits per heavy atom. The number of nitrogens with one attached hydrogen (secondary N) is 1. The number of nitrogens with zero attached hydrogens (tertiary/aromatic N) is 4. The first-order valence-corrected chi connectivity index (χ1v) is 10.7. The molecule has 6 nitrogen and oxygen atoms in total. The van der Waals surface area contributed by atoms with Crippen LogP contribution in [0.2, 0.25) is 0 Å². The molecule has 1 aromatic heterocycles. The number of aromatic nitrogens is 2. The van der Waals surface area contributed by atoms with Crippen molar-refractivity contribution in [1.29, 1.82) is 0 Å². The average Bonchev–Trinajstić information content (AvgIpc) is 2.63. The van der Waals surface area contributed by atoms with E-state index < -0.39 is 0 Å². The Morgan fingerprint density at radius 3 is 2.30 bits per heavy atom. The Labute approximate surface area is 163 Å². The number of urea groups is 1. The molecule has 0 unspecified atom stereocenters. The number of carbonyl (C=O) groups excluding carboxylic acids is 1. The average molecular weight is 374 g/mol. The van der Waals surface area contributed by atoms with Crippen molar-refractivity contribution >= 4 is 11.8 Å². The summed E-state index contributed by atoms with van der Waals surface area (Å²) in [5.41, 5.74) is 1.01. The molecule has 3 rings (SSSR count). The smallest absolute Gasteiger partial charge is 0.317 e. The predicted octanol–water partition coefficient (Wildman–Crippen LogP) is 3.85. The first-order valence-electron chi connectivity index (χ1n) is 10.7. The quantitative estimate of drug-likeness (QED) is 0.874. The van der Waals surface area contributed by atoms with Crippen molar-refractivity contribution in [2.45, 2.75) is 77.7 Å². The minimum atomic E-state index is 0.113. The van der Waals surface area contributed by atoms with E-state index in [-0.39, 0.29) is 6.03 Å². The zero-order valence-electron chi connectivity index (χ0n) is 17.2. The lowest BCUT2D eigenvalue weighted by Crippen LogP contribution is -2.53. The first kappa shape index (κ1) is 19.9. The number of hydrogen-bond donors (Lipinski definition) is 1. The molecule has 1 saturated carbocycles. The van der Waals surface area contributed by atoms with Crippen molar-refractivity contribution in [3.63, 3.8) is 0 Å². The SMILES string of the molecule is Cc1cc(N2CCN(C(=O)NC3CCCCCCC3)CC2)nc(C(C)C)n1. The maximum atomic E-state index is 12.7. The van der Waals surface area contributed by atoms with Crippen LogP contribution in [0.3, 0.4) is 0 Å². The van der Waals surface area contributed by atoms with Gasteiger partial charge in [-0.05, 0) is 19.8 Å². The summed E-state index contributed by atoms with van der Waals surface area (Å²) in [6.07, 6.45) is 8.70. The van der Waals surface area contributed by atoms with Gasteiger partial charge in [0, 0.05) is 49.9 Å². The lowest BCUT2D eigenvalue weighted by atomic mass is 9.97. The molecule has 2 aliphatic rings. The van der Waals surface area contributed by atoms with Gasteiger partial charge in [0.2, 0.25) is 0 Å². The fourth-order valence-corrected chi connectivity index (χ4v) is 4.00. The second-order valence-corrected chi connectivity index (χ2v) is 8.35. The second-order valence-electron chi connectivity index (χ2n) is 8.35. The number of hydrogen-bond acceptors (Lipinski definition) is 4. The molecule has 2 amide bonds.